The molecule has 1 rings (SSSR count). The third-order valence-corrected chi connectivity index (χ3v) is 3.03. The molecule has 0 radical (unpaired) electrons. The standard InChI is InChI=1S/C14H19ClN2O5/c1-13(2,3)22-12(18)17(4)14(19,20)10-7-5-9(6-8-10)11(15)16-21/h5-8,19-21H,1-4H3/b16-11-. The summed E-state index contributed by atoms with van der Waals surface area (Å²) in [5.41, 5.74) is -0.369. The van der Waals surface area contributed by atoms with Crippen LogP contribution in [0.3, 0.4) is 0 Å². The first-order chi connectivity index (χ1) is 9.99. The monoisotopic (exact) mass is 330 g/mol. The van der Waals surface area contributed by atoms with Crippen LogP contribution in [-0.2, 0) is 10.6 Å². The molecule has 1 aromatic rings. The molecule has 1 amide bonds. The minimum atomic E-state index is -2.57. The molecule has 122 valence electrons. The SMILES string of the molecule is CN(C(=O)OC(C)(C)C)C(O)(O)c1ccc(/C(Cl)=N/O)cc1. The molecular weight excluding hydrogens is 312 g/mol. The van der Waals surface area contributed by atoms with Gasteiger partial charge in [0.15, 0.2) is 5.17 Å². The van der Waals surface area contributed by atoms with Crippen LogP contribution in [0.25, 0.3) is 0 Å². The van der Waals surface area contributed by atoms with Crippen LogP contribution in [0.1, 0.15) is 31.9 Å². The molecular formula is C14H19ClN2O5. The molecule has 0 bridgehead atoms. The van der Waals surface area contributed by atoms with Crippen LogP contribution < -0.4 is 0 Å². The van der Waals surface area contributed by atoms with E-state index in [1.165, 1.54) is 31.3 Å². The van der Waals surface area contributed by atoms with E-state index in [0.29, 0.717) is 10.5 Å². The third kappa shape index (κ3) is 4.33. The van der Waals surface area contributed by atoms with Crippen LogP contribution in [-0.4, -0.2) is 44.2 Å². The van der Waals surface area contributed by atoms with Crippen molar-refractivity contribution in [2.75, 3.05) is 7.05 Å². The van der Waals surface area contributed by atoms with Gasteiger partial charge in [-0.3, -0.25) is 4.90 Å². The molecule has 0 fully saturated rings. The number of halogens is 1. The lowest BCUT2D eigenvalue weighted by atomic mass is 10.1. The predicted octanol–water partition coefficient (Wildman–Crippen LogP) is 2.02. The molecule has 7 nitrogen and oxygen atoms in total. The fraction of sp³-hybridized carbons (Fsp3) is 0.429. The average molecular weight is 331 g/mol. The molecule has 0 aromatic heterocycles. The van der Waals surface area contributed by atoms with Gasteiger partial charge in [0.05, 0.1) is 0 Å². The van der Waals surface area contributed by atoms with Gasteiger partial charge in [0.25, 0.3) is 5.91 Å². The van der Waals surface area contributed by atoms with Gasteiger partial charge in [0, 0.05) is 18.2 Å². The van der Waals surface area contributed by atoms with Crippen molar-refractivity contribution in [3.05, 3.63) is 35.4 Å². The maximum Gasteiger partial charge on any atom is 0.414 e. The third-order valence-electron chi connectivity index (χ3n) is 2.73. The Hall–Kier alpha value is -1.83. The summed E-state index contributed by atoms with van der Waals surface area (Å²) in [5.74, 6) is -2.57. The second-order valence-electron chi connectivity index (χ2n) is 5.64. The van der Waals surface area contributed by atoms with Gasteiger partial charge < -0.3 is 20.2 Å². The first kappa shape index (κ1) is 18.2. The topological polar surface area (TPSA) is 103 Å². The summed E-state index contributed by atoms with van der Waals surface area (Å²) in [6, 6.07) is 5.51. The Morgan fingerprint density at radius 2 is 1.73 bits per heavy atom. The quantitative estimate of drug-likeness (QED) is 0.340. The first-order valence-electron chi connectivity index (χ1n) is 6.39. The summed E-state index contributed by atoms with van der Waals surface area (Å²) >= 11 is 5.63. The van der Waals surface area contributed by atoms with Crippen molar-refractivity contribution in [3.8, 4) is 0 Å². The fourth-order valence-corrected chi connectivity index (χ4v) is 1.67. The van der Waals surface area contributed by atoms with Crippen LogP contribution in [0.15, 0.2) is 29.4 Å². The summed E-state index contributed by atoms with van der Waals surface area (Å²) in [5, 5.41) is 31.6. The van der Waals surface area contributed by atoms with Crippen molar-refractivity contribution in [3.63, 3.8) is 0 Å². The lowest BCUT2D eigenvalue weighted by Crippen LogP contribution is -2.48. The van der Waals surface area contributed by atoms with Crippen molar-refractivity contribution in [1.82, 2.24) is 4.90 Å². The number of rotatable bonds is 3. The molecule has 0 atom stereocenters. The van der Waals surface area contributed by atoms with Gasteiger partial charge in [-0.05, 0) is 20.8 Å². The molecule has 0 aliphatic rings. The molecule has 0 saturated carbocycles. The van der Waals surface area contributed by atoms with E-state index < -0.39 is 17.6 Å². The predicted molar refractivity (Wildman–Crippen MR) is 80.7 cm³/mol. The van der Waals surface area contributed by atoms with E-state index in [4.69, 9.17) is 21.5 Å². The summed E-state index contributed by atoms with van der Waals surface area (Å²) in [6.45, 7) is 5.00. The Labute approximate surface area is 133 Å². The van der Waals surface area contributed by atoms with E-state index >= 15 is 0 Å². The summed E-state index contributed by atoms with van der Waals surface area (Å²) in [4.78, 5) is 12.6. The number of ether oxygens (including phenoxy) is 1. The maximum absolute atomic E-state index is 11.9. The van der Waals surface area contributed by atoms with Gasteiger partial charge in [-0.25, -0.2) is 4.79 Å². The Balaban J connectivity index is 3.00. The molecule has 22 heavy (non-hydrogen) atoms. The maximum atomic E-state index is 11.9. The summed E-state index contributed by atoms with van der Waals surface area (Å²) in [6.07, 6.45) is -0.892. The van der Waals surface area contributed by atoms with Crippen LogP contribution in [0.4, 0.5) is 4.79 Å². The number of hydrogen-bond acceptors (Lipinski definition) is 6. The highest BCUT2D eigenvalue weighted by atomic mass is 35.5. The number of carbonyl (C=O) groups is 1. The first-order valence-corrected chi connectivity index (χ1v) is 6.77. The van der Waals surface area contributed by atoms with Gasteiger partial charge >= 0.3 is 6.09 Å². The number of amides is 1. The number of benzene rings is 1. The van der Waals surface area contributed by atoms with E-state index in [9.17, 15) is 15.0 Å². The molecule has 0 spiro atoms. The highest BCUT2D eigenvalue weighted by Crippen LogP contribution is 2.24. The highest BCUT2D eigenvalue weighted by molar-refractivity contribution is 6.69. The average Bonchev–Trinajstić information content (AvgIpc) is 2.43. The Morgan fingerprint density at radius 3 is 2.14 bits per heavy atom. The zero-order chi connectivity index (χ0) is 17.1. The van der Waals surface area contributed by atoms with E-state index in [2.05, 4.69) is 5.16 Å². The number of hydrogen-bond donors (Lipinski definition) is 3. The van der Waals surface area contributed by atoms with E-state index in [0.717, 1.165) is 0 Å². The summed E-state index contributed by atoms with van der Waals surface area (Å²) < 4.78 is 5.08. The molecule has 3 N–H and O–H groups in total. The lowest BCUT2D eigenvalue weighted by molar-refractivity contribution is -0.255. The molecule has 8 heteroatoms. The largest absolute Gasteiger partial charge is 0.444 e. The molecule has 0 saturated heterocycles. The normalized spacial score (nSPS) is 13.0. The Bertz CT molecular complexity index is 564. The molecule has 0 aliphatic carbocycles. The lowest BCUT2D eigenvalue weighted by Gasteiger charge is -2.33. The number of nitrogens with zero attached hydrogens (tertiary/aromatic N) is 2. The minimum absolute atomic E-state index is 0.0204. The number of oxime groups is 1. The van der Waals surface area contributed by atoms with Crippen molar-refractivity contribution in [2.24, 2.45) is 5.16 Å². The van der Waals surface area contributed by atoms with Gasteiger partial charge in [0.1, 0.15) is 5.60 Å². The van der Waals surface area contributed by atoms with E-state index in [1.54, 1.807) is 20.8 Å². The van der Waals surface area contributed by atoms with Crippen LogP contribution >= 0.6 is 11.6 Å². The van der Waals surface area contributed by atoms with Crippen LogP contribution in [0.5, 0.6) is 0 Å². The van der Waals surface area contributed by atoms with Gasteiger partial charge in [0.2, 0.25) is 0 Å². The van der Waals surface area contributed by atoms with Crippen molar-refractivity contribution in [1.29, 1.82) is 0 Å². The number of aliphatic hydroxyl groups is 2. The van der Waals surface area contributed by atoms with Gasteiger partial charge in [-0.1, -0.05) is 41.0 Å². The van der Waals surface area contributed by atoms with Crippen LogP contribution in [0, 0.1) is 0 Å². The Morgan fingerprint density at radius 1 is 1.23 bits per heavy atom. The van der Waals surface area contributed by atoms with Crippen molar-refractivity contribution < 1.29 is 25.0 Å². The molecule has 0 heterocycles. The Kier molecular flexibility index (Phi) is 5.39. The van der Waals surface area contributed by atoms with Crippen LogP contribution in [0.2, 0.25) is 0 Å². The minimum Gasteiger partial charge on any atom is -0.444 e. The smallest absolute Gasteiger partial charge is 0.414 e. The summed E-state index contributed by atoms with van der Waals surface area (Å²) in [7, 11) is 1.20. The zero-order valence-electron chi connectivity index (χ0n) is 12.7. The van der Waals surface area contributed by atoms with E-state index in [-0.39, 0.29) is 10.7 Å². The number of carbonyl (C=O) groups excluding carboxylic acids is 1. The fourth-order valence-electron chi connectivity index (χ4n) is 1.54. The van der Waals surface area contributed by atoms with Gasteiger partial charge in [-0.2, -0.15) is 0 Å². The van der Waals surface area contributed by atoms with Crippen molar-refractivity contribution >= 4 is 22.9 Å². The molecule has 0 unspecified atom stereocenters. The molecule has 0 aliphatic heterocycles. The van der Waals surface area contributed by atoms with Crippen molar-refractivity contribution in [2.45, 2.75) is 32.3 Å². The zero-order valence-corrected chi connectivity index (χ0v) is 13.5. The highest BCUT2D eigenvalue weighted by Gasteiger charge is 2.37. The van der Waals surface area contributed by atoms with Gasteiger partial charge in [-0.15, -0.1) is 0 Å². The van der Waals surface area contributed by atoms with E-state index in [1.807, 2.05) is 0 Å². The second-order valence-corrected chi connectivity index (χ2v) is 6.00. The second kappa shape index (κ2) is 6.51. The molecule has 1 aromatic carbocycles.